The lowest BCUT2D eigenvalue weighted by Gasteiger charge is -2.28. The zero-order valence-corrected chi connectivity index (χ0v) is 13.0. The van der Waals surface area contributed by atoms with E-state index in [-0.39, 0.29) is 5.97 Å². The number of carbonyl (C=O) groups excluding carboxylic acids is 1. The largest absolute Gasteiger partial charge is 0.468 e. The van der Waals surface area contributed by atoms with Crippen LogP contribution in [-0.2, 0) is 9.53 Å². The Morgan fingerprint density at radius 2 is 2.05 bits per heavy atom. The number of unbranched alkanes of at least 4 members (excludes halogenated alkanes) is 1. The minimum absolute atomic E-state index is 0.124. The number of rotatable bonds is 10. The molecule has 1 unspecified atom stereocenters. The molecule has 1 N–H and O–H groups in total. The molecule has 0 bridgehead atoms. The van der Waals surface area contributed by atoms with Crippen LogP contribution in [0.2, 0.25) is 0 Å². The molecule has 0 aliphatic heterocycles. The van der Waals surface area contributed by atoms with Crippen molar-refractivity contribution in [3.8, 4) is 0 Å². The summed E-state index contributed by atoms with van der Waals surface area (Å²) in [5.41, 5.74) is -0.501. The number of hydrogen-bond donors (Lipinski definition) is 1. The number of hydrogen-bond acceptors (Lipinski definition) is 4. The van der Waals surface area contributed by atoms with E-state index in [2.05, 4.69) is 24.2 Å². The molecule has 0 aromatic carbocycles. The van der Waals surface area contributed by atoms with Crippen LogP contribution in [0.1, 0.15) is 52.4 Å². The van der Waals surface area contributed by atoms with Gasteiger partial charge in [-0.15, -0.1) is 0 Å². The van der Waals surface area contributed by atoms with E-state index in [1.165, 1.54) is 26.4 Å². The Morgan fingerprint density at radius 1 is 1.37 bits per heavy atom. The molecule has 1 fully saturated rings. The van der Waals surface area contributed by atoms with Crippen molar-refractivity contribution in [2.75, 3.05) is 27.2 Å². The molecule has 1 atom stereocenters. The number of esters is 1. The van der Waals surface area contributed by atoms with Crippen LogP contribution in [0, 0.1) is 0 Å². The van der Waals surface area contributed by atoms with E-state index in [0.29, 0.717) is 6.04 Å². The number of methoxy groups -OCH3 is 1. The lowest BCUT2D eigenvalue weighted by atomic mass is 9.94. The topological polar surface area (TPSA) is 41.6 Å². The van der Waals surface area contributed by atoms with E-state index in [1.807, 2.05) is 6.92 Å². The van der Waals surface area contributed by atoms with Crippen LogP contribution in [0.4, 0.5) is 0 Å². The first-order valence-electron chi connectivity index (χ1n) is 7.56. The summed E-state index contributed by atoms with van der Waals surface area (Å²) in [7, 11) is 3.63. The second-order valence-electron chi connectivity index (χ2n) is 6.00. The second-order valence-corrected chi connectivity index (χ2v) is 6.00. The first kappa shape index (κ1) is 16.4. The van der Waals surface area contributed by atoms with Crippen LogP contribution >= 0.6 is 0 Å². The van der Waals surface area contributed by atoms with Crippen LogP contribution in [0.15, 0.2) is 0 Å². The molecule has 0 saturated heterocycles. The van der Waals surface area contributed by atoms with Gasteiger partial charge in [-0.1, -0.05) is 6.92 Å². The molecule has 1 rings (SSSR count). The highest BCUT2D eigenvalue weighted by molar-refractivity contribution is 5.80. The van der Waals surface area contributed by atoms with Crippen molar-refractivity contribution in [2.24, 2.45) is 0 Å². The first-order chi connectivity index (χ1) is 9.01. The fourth-order valence-electron chi connectivity index (χ4n) is 2.49. The average molecular weight is 270 g/mol. The van der Waals surface area contributed by atoms with Gasteiger partial charge in [0.25, 0.3) is 0 Å². The molecule has 0 aromatic heterocycles. The molecule has 1 saturated carbocycles. The lowest BCUT2D eigenvalue weighted by molar-refractivity contribution is -0.148. The Balaban J connectivity index is 2.30. The van der Waals surface area contributed by atoms with Crippen molar-refractivity contribution in [3.05, 3.63) is 0 Å². The number of nitrogens with zero attached hydrogens (tertiary/aromatic N) is 1. The summed E-state index contributed by atoms with van der Waals surface area (Å²) in [4.78, 5) is 14.3. The minimum atomic E-state index is -0.501. The average Bonchev–Trinajstić information content (AvgIpc) is 3.17. The zero-order chi connectivity index (χ0) is 14.3. The Bertz CT molecular complexity index is 279. The summed E-state index contributed by atoms with van der Waals surface area (Å²) in [5, 5.41) is 3.44. The lowest BCUT2D eigenvalue weighted by Crippen LogP contribution is -2.51. The van der Waals surface area contributed by atoms with Gasteiger partial charge in [0.1, 0.15) is 5.54 Å². The Kier molecular flexibility index (Phi) is 6.80. The van der Waals surface area contributed by atoms with Crippen LogP contribution < -0.4 is 5.32 Å². The molecule has 0 radical (unpaired) electrons. The number of nitrogens with one attached hydrogen (secondary N) is 1. The Morgan fingerprint density at radius 3 is 2.58 bits per heavy atom. The maximum atomic E-state index is 11.9. The smallest absolute Gasteiger partial charge is 0.325 e. The van der Waals surface area contributed by atoms with Crippen LogP contribution in [0.25, 0.3) is 0 Å². The fraction of sp³-hybridized carbons (Fsp3) is 0.933. The molecule has 1 aliphatic carbocycles. The maximum Gasteiger partial charge on any atom is 0.325 e. The van der Waals surface area contributed by atoms with Gasteiger partial charge in [-0.2, -0.15) is 0 Å². The normalized spacial score (nSPS) is 18.4. The van der Waals surface area contributed by atoms with Crippen molar-refractivity contribution in [1.29, 1.82) is 0 Å². The molecule has 0 heterocycles. The highest BCUT2D eigenvalue weighted by atomic mass is 16.5. The van der Waals surface area contributed by atoms with Crippen molar-refractivity contribution < 1.29 is 9.53 Å². The van der Waals surface area contributed by atoms with Gasteiger partial charge in [0.05, 0.1) is 7.11 Å². The molecular weight excluding hydrogens is 240 g/mol. The number of carbonyl (C=O) groups is 1. The van der Waals surface area contributed by atoms with Gasteiger partial charge in [-0.3, -0.25) is 10.1 Å². The molecule has 4 heteroatoms. The summed E-state index contributed by atoms with van der Waals surface area (Å²) < 4.78 is 4.95. The molecule has 0 aromatic rings. The van der Waals surface area contributed by atoms with Gasteiger partial charge in [0, 0.05) is 6.04 Å². The molecule has 19 heavy (non-hydrogen) atoms. The monoisotopic (exact) mass is 270 g/mol. The summed E-state index contributed by atoms with van der Waals surface area (Å²) in [6, 6.07) is 0.520. The van der Waals surface area contributed by atoms with Crippen molar-refractivity contribution in [1.82, 2.24) is 10.2 Å². The Labute approximate surface area is 117 Å². The molecule has 1 aliphatic rings. The third-order valence-electron chi connectivity index (χ3n) is 3.81. The SMILES string of the molecule is CCCN(C)CCCCC(C)(NC1CC1)C(=O)OC. The molecule has 0 amide bonds. The van der Waals surface area contributed by atoms with E-state index in [9.17, 15) is 4.79 Å². The van der Waals surface area contributed by atoms with Gasteiger partial charge in [-0.25, -0.2) is 0 Å². The van der Waals surface area contributed by atoms with Crippen molar-refractivity contribution >= 4 is 5.97 Å². The third-order valence-corrected chi connectivity index (χ3v) is 3.81. The molecule has 112 valence electrons. The number of ether oxygens (including phenoxy) is 1. The minimum Gasteiger partial charge on any atom is -0.468 e. The third kappa shape index (κ3) is 5.91. The van der Waals surface area contributed by atoms with Crippen molar-refractivity contribution in [3.63, 3.8) is 0 Å². The predicted molar refractivity (Wildman–Crippen MR) is 78.2 cm³/mol. The quantitative estimate of drug-likeness (QED) is 0.488. The fourth-order valence-corrected chi connectivity index (χ4v) is 2.49. The zero-order valence-electron chi connectivity index (χ0n) is 13.0. The molecular formula is C15H30N2O2. The van der Waals surface area contributed by atoms with Gasteiger partial charge in [0.15, 0.2) is 0 Å². The highest BCUT2D eigenvalue weighted by Gasteiger charge is 2.38. The van der Waals surface area contributed by atoms with Gasteiger partial charge >= 0.3 is 5.97 Å². The van der Waals surface area contributed by atoms with Crippen LogP contribution in [0.5, 0.6) is 0 Å². The molecule has 0 spiro atoms. The van der Waals surface area contributed by atoms with E-state index in [0.717, 1.165) is 32.4 Å². The maximum absolute atomic E-state index is 11.9. The van der Waals surface area contributed by atoms with Gasteiger partial charge < -0.3 is 9.64 Å². The van der Waals surface area contributed by atoms with E-state index in [1.54, 1.807) is 0 Å². The summed E-state index contributed by atoms with van der Waals surface area (Å²) in [6.45, 7) is 6.43. The summed E-state index contributed by atoms with van der Waals surface area (Å²) in [6.07, 6.45) is 6.61. The van der Waals surface area contributed by atoms with Crippen LogP contribution in [0.3, 0.4) is 0 Å². The molecule has 4 nitrogen and oxygen atoms in total. The standard InChI is InChI=1S/C15H30N2O2/c1-5-11-17(3)12-7-6-10-15(2,14(18)19-4)16-13-8-9-13/h13,16H,5-12H2,1-4H3. The van der Waals surface area contributed by atoms with Gasteiger partial charge in [-0.05, 0) is 65.6 Å². The van der Waals surface area contributed by atoms with E-state index in [4.69, 9.17) is 4.74 Å². The van der Waals surface area contributed by atoms with Crippen LogP contribution in [-0.4, -0.2) is 49.7 Å². The predicted octanol–water partition coefficient (Wildman–Crippen LogP) is 2.18. The van der Waals surface area contributed by atoms with E-state index >= 15 is 0 Å². The van der Waals surface area contributed by atoms with Gasteiger partial charge in [0.2, 0.25) is 0 Å². The summed E-state index contributed by atoms with van der Waals surface area (Å²) in [5.74, 6) is -0.124. The second kappa shape index (κ2) is 7.85. The van der Waals surface area contributed by atoms with Crippen molar-refractivity contribution in [2.45, 2.75) is 64.0 Å². The summed E-state index contributed by atoms with van der Waals surface area (Å²) >= 11 is 0. The Hall–Kier alpha value is -0.610. The highest BCUT2D eigenvalue weighted by Crippen LogP contribution is 2.26. The first-order valence-corrected chi connectivity index (χ1v) is 7.56. The van der Waals surface area contributed by atoms with E-state index < -0.39 is 5.54 Å².